The van der Waals surface area contributed by atoms with Gasteiger partial charge in [-0.15, -0.1) is 0 Å². The molecule has 0 aromatic rings. The second-order valence-electron chi connectivity index (χ2n) is 9.54. The molecule has 0 radical (unpaired) electrons. The number of hydrogen-bond donors (Lipinski definition) is 2. The van der Waals surface area contributed by atoms with Gasteiger partial charge in [0.05, 0.1) is 11.9 Å². The van der Waals surface area contributed by atoms with Crippen molar-refractivity contribution >= 4 is 23.5 Å². The third-order valence-electron chi connectivity index (χ3n) is 4.77. The molecular weight excluding hydrogens is 424 g/mol. The second-order valence-corrected chi connectivity index (χ2v) is 9.54. The molecule has 1 amide bonds. The van der Waals surface area contributed by atoms with E-state index in [1.54, 1.807) is 27.8 Å². The Labute approximate surface area is 199 Å². The largest absolute Gasteiger partial charge is 0.460 e. The van der Waals surface area contributed by atoms with Gasteiger partial charge in [-0.25, -0.2) is 0 Å². The smallest absolute Gasteiger partial charge is 0.315 e. The molecule has 1 rings (SSSR count). The molecular formula is C24H46N4O5. The number of aliphatic imine (C=N–C) groups is 1. The van der Waals surface area contributed by atoms with Crippen molar-refractivity contribution in [3.8, 4) is 0 Å². The lowest BCUT2D eigenvalue weighted by atomic mass is 10.0. The van der Waals surface area contributed by atoms with Crippen molar-refractivity contribution in [3.63, 3.8) is 0 Å². The van der Waals surface area contributed by atoms with Crippen molar-refractivity contribution in [2.75, 3.05) is 40.9 Å². The van der Waals surface area contributed by atoms with Crippen molar-refractivity contribution in [3.05, 3.63) is 0 Å². The van der Waals surface area contributed by atoms with Crippen LogP contribution in [-0.4, -0.2) is 80.9 Å². The highest BCUT2D eigenvalue weighted by Crippen LogP contribution is 2.11. The number of nitrogens with two attached hydrogens (primary N) is 1. The van der Waals surface area contributed by atoms with Gasteiger partial charge in [-0.05, 0) is 73.5 Å². The van der Waals surface area contributed by atoms with Crippen molar-refractivity contribution in [2.24, 2.45) is 10.7 Å². The van der Waals surface area contributed by atoms with E-state index in [4.69, 9.17) is 15.2 Å². The van der Waals surface area contributed by atoms with Gasteiger partial charge in [0.25, 0.3) is 0 Å². The molecule has 0 bridgehead atoms. The Bertz CT molecular complexity index is 603. The Morgan fingerprint density at radius 1 is 1.09 bits per heavy atom. The molecule has 1 atom stereocenters. The van der Waals surface area contributed by atoms with Crippen molar-refractivity contribution in [1.82, 2.24) is 10.2 Å². The van der Waals surface area contributed by atoms with E-state index in [1.165, 1.54) is 12.8 Å². The number of carbonyl (C=O) groups is 3. The van der Waals surface area contributed by atoms with E-state index >= 15 is 0 Å². The Kier molecular flexibility index (Phi) is 16.4. The molecule has 1 aliphatic heterocycles. The van der Waals surface area contributed by atoms with E-state index in [1.807, 2.05) is 19.0 Å². The number of amides is 1. The molecule has 0 aliphatic carbocycles. The minimum absolute atomic E-state index is 0.0171. The summed E-state index contributed by atoms with van der Waals surface area (Å²) in [6.45, 7) is 8.02. The van der Waals surface area contributed by atoms with Crippen LogP contribution < -0.4 is 11.1 Å². The molecule has 33 heavy (non-hydrogen) atoms. The van der Waals surface area contributed by atoms with Crippen molar-refractivity contribution in [2.45, 2.75) is 90.2 Å². The summed E-state index contributed by atoms with van der Waals surface area (Å²) in [5.74, 6) is -0.537. The van der Waals surface area contributed by atoms with Gasteiger partial charge >= 0.3 is 5.97 Å². The number of hydrogen-bond acceptors (Lipinski definition) is 7. The number of esters is 1. The third kappa shape index (κ3) is 19.2. The summed E-state index contributed by atoms with van der Waals surface area (Å²) in [4.78, 5) is 42.5. The van der Waals surface area contributed by atoms with E-state index in [0.717, 1.165) is 39.0 Å². The summed E-state index contributed by atoms with van der Waals surface area (Å²) >= 11 is 0. The first-order chi connectivity index (χ1) is 15.4. The number of nitrogens with one attached hydrogen (secondary N) is 1. The number of ketones is 1. The van der Waals surface area contributed by atoms with E-state index in [2.05, 4.69) is 10.3 Å². The quantitative estimate of drug-likeness (QED) is 0.139. The summed E-state index contributed by atoms with van der Waals surface area (Å²) in [5.41, 5.74) is 5.03. The molecule has 1 saturated heterocycles. The maximum absolute atomic E-state index is 12.6. The van der Waals surface area contributed by atoms with Gasteiger partial charge in [0.1, 0.15) is 12.0 Å². The summed E-state index contributed by atoms with van der Waals surface area (Å²) in [6.07, 6.45) is 5.95. The van der Waals surface area contributed by atoms with Crippen LogP contribution >= 0.6 is 0 Å². The molecule has 1 fully saturated rings. The van der Waals surface area contributed by atoms with Crippen LogP contribution in [0.1, 0.15) is 78.6 Å². The highest BCUT2D eigenvalue weighted by Gasteiger charge is 2.23. The van der Waals surface area contributed by atoms with Gasteiger partial charge in [-0.3, -0.25) is 19.4 Å². The molecule has 0 aromatic heterocycles. The van der Waals surface area contributed by atoms with Crippen LogP contribution in [0.2, 0.25) is 0 Å². The van der Waals surface area contributed by atoms with Gasteiger partial charge in [0.2, 0.25) is 5.91 Å². The van der Waals surface area contributed by atoms with Crippen LogP contribution in [0.5, 0.6) is 0 Å². The first-order valence-electron chi connectivity index (χ1n) is 11.9. The Balaban J connectivity index is 0.00000179. The number of carbonyl (C=O) groups excluding carboxylic acids is 3. The maximum Gasteiger partial charge on any atom is 0.315 e. The van der Waals surface area contributed by atoms with E-state index in [-0.39, 0.29) is 5.78 Å². The normalized spacial score (nSPS) is 14.9. The lowest BCUT2D eigenvalue weighted by Crippen LogP contribution is -2.42. The molecule has 3 N–H and O–H groups in total. The standard InChI is InChI=1S/C20H38N4O4.C4H8O/c1-20(2,3)28-19(27)14-18(26)23-15(10-7-8-12-17(21)22-4)16(25)11-9-13-24(5)6;1-2-4-5-3-1/h15H,7-14H2,1-6H3,(H2,21,22)(H,23,26);1-4H2/t15-;/m0./s1. The van der Waals surface area contributed by atoms with E-state index in [9.17, 15) is 14.4 Å². The Morgan fingerprint density at radius 2 is 1.73 bits per heavy atom. The van der Waals surface area contributed by atoms with E-state index < -0.39 is 29.9 Å². The van der Waals surface area contributed by atoms with Crippen LogP contribution in [0.3, 0.4) is 0 Å². The van der Waals surface area contributed by atoms with Crippen LogP contribution in [0.15, 0.2) is 4.99 Å². The van der Waals surface area contributed by atoms with Gasteiger partial charge in [-0.1, -0.05) is 6.42 Å². The molecule has 1 heterocycles. The first kappa shape index (κ1) is 31.0. The zero-order valence-corrected chi connectivity index (χ0v) is 21.6. The zero-order chi connectivity index (χ0) is 25.3. The summed E-state index contributed by atoms with van der Waals surface area (Å²) in [6, 6.07) is -0.600. The minimum Gasteiger partial charge on any atom is -0.460 e. The average molecular weight is 471 g/mol. The summed E-state index contributed by atoms with van der Waals surface area (Å²) < 4.78 is 10.1. The maximum atomic E-state index is 12.6. The highest BCUT2D eigenvalue weighted by molar-refractivity contribution is 5.97. The first-order valence-corrected chi connectivity index (χ1v) is 11.9. The predicted octanol–water partition coefficient (Wildman–Crippen LogP) is 2.46. The lowest BCUT2D eigenvalue weighted by molar-refractivity contribution is -0.156. The van der Waals surface area contributed by atoms with Crippen molar-refractivity contribution < 1.29 is 23.9 Å². The fourth-order valence-electron chi connectivity index (χ4n) is 3.09. The van der Waals surface area contributed by atoms with Gasteiger partial charge in [0, 0.05) is 33.1 Å². The average Bonchev–Trinajstić information content (AvgIpc) is 3.28. The molecule has 0 saturated carbocycles. The molecule has 9 nitrogen and oxygen atoms in total. The highest BCUT2D eigenvalue weighted by atomic mass is 16.6. The lowest BCUT2D eigenvalue weighted by Gasteiger charge is -2.21. The summed E-state index contributed by atoms with van der Waals surface area (Å²) in [7, 11) is 5.54. The fraction of sp³-hybridized carbons (Fsp3) is 0.833. The molecule has 0 unspecified atom stereocenters. The minimum atomic E-state index is -0.653. The topological polar surface area (TPSA) is 123 Å². The van der Waals surface area contributed by atoms with Crippen LogP contribution in [0, 0.1) is 0 Å². The van der Waals surface area contributed by atoms with Crippen molar-refractivity contribution in [1.29, 1.82) is 0 Å². The SMILES string of the molecule is C1CCOC1.CN=C(N)CCCC[C@H](NC(=O)CC(=O)OC(C)(C)C)C(=O)CCCN(C)C. The van der Waals surface area contributed by atoms with Crippen LogP contribution in [0.4, 0.5) is 0 Å². The molecule has 0 spiro atoms. The van der Waals surface area contributed by atoms with Gasteiger partial charge in [0.15, 0.2) is 5.78 Å². The van der Waals surface area contributed by atoms with E-state index in [0.29, 0.717) is 25.1 Å². The molecule has 1 aliphatic rings. The zero-order valence-electron chi connectivity index (χ0n) is 21.6. The van der Waals surface area contributed by atoms with Crippen LogP contribution in [0.25, 0.3) is 0 Å². The predicted molar refractivity (Wildman–Crippen MR) is 131 cm³/mol. The second kappa shape index (κ2) is 17.5. The number of unbranched alkanes of at least 4 members (excludes halogenated alkanes) is 1. The molecule has 9 heteroatoms. The molecule has 0 aromatic carbocycles. The monoisotopic (exact) mass is 470 g/mol. The van der Waals surface area contributed by atoms with Gasteiger partial charge in [-0.2, -0.15) is 0 Å². The number of rotatable bonds is 13. The number of Topliss-reactive ketones (excluding diaryl/α,β-unsaturated/α-hetero) is 1. The van der Waals surface area contributed by atoms with Crippen LogP contribution in [-0.2, 0) is 23.9 Å². The molecule has 192 valence electrons. The summed E-state index contributed by atoms with van der Waals surface area (Å²) in [5, 5.41) is 2.71. The number of amidine groups is 1. The number of ether oxygens (including phenoxy) is 2. The number of nitrogens with zero attached hydrogens (tertiary/aromatic N) is 2. The van der Waals surface area contributed by atoms with Gasteiger partial charge < -0.3 is 25.4 Å². The fourth-order valence-corrected chi connectivity index (χ4v) is 3.09. The Morgan fingerprint density at radius 3 is 2.21 bits per heavy atom. The Hall–Kier alpha value is -2.00. The third-order valence-corrected chi connectivity index (χ3v) is 4.77.